The van der Waals surface area contributed by atoms with Crippen molar-refractivity contribution in [3.63, 3.8) is 0 Å². The first kappa shape index (κ1) is 23.6. The van der Waals surface area contributed by atoms with E-state index in [1.807, 2.05) is 35.4 Å². The molecule has 1 saturated heterocycles. The quantitative estimate of drug-likeness (QED) is 0.387. The van der Waals surface area contributed by atoms with E-state index in [4.69, 9.17) is 11.6 Å². The Bertz CT molecular complexity index is 1440. The van der Waals surface area contributed by atoms with Crippen LogP contribution in [0, 0.1) is 0 Å². The molecule has 2 aromatic heterocycles. The minimum absolute atomic E-state index is 0. The van der Waals surface area contributed by atoms with Crippen molar-refractivity contribution in [2.45, 2.75) is 17.9 Å². The number of anilines is 2. The number of carbonyl (C=O) groups is 1. The average Bonchev–Trinajstić information content (AvgIpc) is 3.52. The maximum absolute atomic E-state index is 12.8. The van der Waals surface area contributed by atoms with Crippen molar-refractivity contribution < 1.29 is 14.6 Å². The van der Waals surface area contributed by atoms with Gasteiger partial charge >= 0.3 is 0 Å². The fourth-order valence-electron chi connectivity index (χ4n) is 4.18. The van der Waals surface area contributed by atoms with Gasteiger partial charge < -0.3 is 14.4 Å². The number of hydrogen-bond donors (Lipinski definition) is 1. The van der Waals surface area contributed by atoms with Gasteiger partial charge in [-0.1, -0.05) is 11.6 Å². The number of hydrogen-bond acceptors (Lipinski definition) is 7. The molecule has 0 bridgehead atoms. The van der Waals surface area contributed by atoms with Crippen molar-refractivity contribution in [1.29, 1.82) is 0 Å². The summed E-state index contributed by atoms with van der Waals surface area (Å²) < 4.78 is 33.3. The molecule has 4 aromatic rings. The molecule has 1 amide bonds. The number of aryl methyl sites for hydroxylation is 1. The molecule has 0 saturated carbocycles. The zero-order chi connectivity index (χ0) is 24.4. The van der Waals surface area contributed by atoms with Crippen LogP contribution in [-0.4, -0.2) is 59.3 Å². The Kier molecular flexibility index (Phi) is 6.63. The Morgan fingerprint density at radius 3 is 2.57 bits per heavy atom. The van der Waals surface area contributed by atoms with E-state index in [9.17, 15) is 13.2 Å². The second-order valence-electron chi connectivity index (χ2n) is 8.18. The second-order valence-corrected chi connectivity index (χ2v) is 11.1. The number of halogens is 1. The number of benzene rings is 2. The first-order valence-electron chi connectivity index (χ1n) is 11.1. The molecule has 0 aliphatic carbocycles. The molecule has 3 heterocycles. The standard InChI is InChI=1S/C23H23ClN6O3S2.H2/c24-18-1-6-21-17(15-18)7-9-29(21)10-8-22(31)30-13-11-28(12-14-30)19-2-4-20(5-3-19)35(32,33)27-23-25-16-26-34-23;/h1-7,9,15-16H,8,10-14H2,(H,25,26,27);1H. The largest absolute Gasteiger partial charge is 0.368 e. The summed E-state index contributed by atoms with van der Waals surface area (Å²) in [6.07, 6.45) is 3.72. The first-order valence-corrected chi connectivity index (χ1v) is 13.7. The Labute approximate surface area is 213 Å². The maximum Gasteiger partial charge on any atom is 0.263 e. The van der Waals surface area contributed by atoms with Crippen LogP contribution < -0.4 is 9.62 Å². The molecular weight excluding hydrogens is 508 g/mol. The van der Waals surface area contributed by atoms with Gasteiger partial charge in [-0.25, -0.2) is 13.4 Å². The van der Waals surface area contributed by atoms with Crippen LogP contribution in [0.3, 0.4) is 0 Å². The highest BCUT2D eigenvalue weighted by Gasteiger charge is 2.22. The summed E-state index contributed by atoms with van der Waals surface area (Å²) in [5, 5.41) is 1.99. The van der Waals surface area contributed by atoms with Crippen molar-refractivity contribution in [1.82, 2.24) is 18.8 Å². The zero-order valence-electron chi connectivity index (χ0n) is 18.7. The van der Waals surface area contributed by atoms with Gasteiger partial charge in [-0.05, 0) is 48.5 Å². The summed E-state index contributed by atoms with van der Waals surface area (Å²) in [6.45, 7) is 3.24. The van der Waals surface area contributed by atoms with Crippen LogP contribution in [0.25, 0.3) is 10.9 Å². The van der Waals surface area contributed by atoms with E-state index in [1.165, 1.54) is 6.33 Å². The van der Waals surface area contributed by atoms with E-state index in [0.29, 0.717) is 44.2 Å². The number of amides is 1. The van der Waals surface area contributed by atoms with E-state index in [-0.39, 0.29) is 17.4 Å². The highest BCUT2D eigenvalue weighted by Crippen LogP contribution is 2.23. The predicted molar refractivity (Wildman–Crippen MR) is 140 cm³/mol. The van der Waals surface area contributed by atoms with Crippen LogP contribution in [-0.2, 0) is 21.4 Å². The second kappa shape index (κ2) is 9.84. The van der Waals surface area contributed by atoms with Crippen LogP contribution in [0.15, 0.2) is 66.0 Å². The minimum atomic E-state index is -3.71. The lowest BCUT2D eigenvalue weighted by atomic mass is 10.2. The van der Waals surface area contributed by atoms with Crippen molar-refractivity contribution in [2.24, 2.45) is 0 Å². The monoisotopic (exact) mass is 532 g/mol. The summed E-state index contributed by atoms with van der Waals surface area (Å²) in [5.41, 5.74) is 1.99. The maximum atomic E-state index is 12.8. The van der Waals surface area contributed by atoms with Crippen molar-refractivity contribution in [3.05, 3.63) is 66.1 Å². The zero-order valence-corrected chi connectivity index (χ0v) is 21.1. The predicted octanol–water partition coefficient (Wildman–Crippen LogP) is 3.93. The number of sulfonamides is 1. The summed E-state index contributed by atoms with van der Waals surface area (Å²) in [5.74, 6) is 0.129. The average molecular weight is 533 g/mol. The van der Waals surface area contributed by atoms with Crippen LogP contribution in [0.2, 0.25) is 5.02 Å². The normalized spacial score (nSPS) is 14.4. The molecule has 0 unspecified atom stereocenters. The highest BCUT2D eigenvalue weighted by molar-refractivity contribution is 7.93. The molecule has 12 heteroatoms. The smallest absolute Gasteiger partial charge is 0.263 e. The molecule has 0 radical (unpaired) electrons. The lowest BCUT2D eigenvalue weighted by Gasteiger charge is -2.36. The van der Waals surface area contributed by atoms with Gasteiger partial charge in [-0.3, -0.25) is 9.52 Å². The number of piperazine rings is 1. The van der Waals surface area contributed by atoms with Gasteiger partial charge in [0.2, 0.25) is 11.0 Å². The van der Waals surface area contributed by atoms with E-state index < -0.39 is 10.0 Å². The van der Waals surface area contributed by atoms with E-state index in [2.05, 4.69) is 23.5 Å². The van der Waals surface area contributed by atoms with E-state index >= 15 is 0 Å². The third kappa shape index (κ3) is 5.26. The lowest BCUT2D eigenvalue weighted by molar-refractivity contribution is -0.131. The van der Waals surface area contributed by atoms with Crippen LogP contribution >= 0.6 is 23.1 Å². The van der Waals surface area contributed by atoms with Gasteiger partial charge in [0.25, 0.3) is 10.0 Å². The van der Waals surface area contributed by atoms with E-state index in [1.54, 1.807) is 24.3 Å². The van der Waals surface area contributed by atoms with Crippen molar-refractivity contribution in [3.8, 4) is 0 Å². The Morgan fingerprint density at radius 2 is 1.86 bits per heavy atom. The molecule has 184 valence electrons. The van der Waals surface area contributed by atoms with Gasteiger partial charge in [0.05, 0.1) is 4.90 Å². The van der Waals surface area contributed by atoms with Gasteiger partial charge in [-0.15, -0.1) is 0 Å². The number of fused-ring (bicyclic) bond motifs is 1. The fourth-order valence-corrected chi connectivity index (χ4v) is 6.02. The van der Waals surface area contributed by atoms with Crippen molar-refractivity contribution >= 4 is 60.8 Å². The lowest BCUT2D eigenvalue weighted by Crippen LogP contribution is -2.49. The number of rotatable bonds is 7. The molecule has 5 rings (SSSR count). The minimum Gasteiger partial charge on any atom is -0.368 e. The van der Waals surface area contributed by atoms with Crippen LogP contribution in [0.1, 0.15) is 7.85 Å². The van der Waals surface area contributed by atoms with Crippen LogP contribution in [0.5, 0.6) is 0 Å². The molecule has 0 atom stereocenters. The number of nitrogens with one attached hydrogen (secondary N) is 1. The number of carbonyl (C=O) groups excluding carboxylic acids is 1. The SMILES string of the molecule is O=C(CCn1ccc2cc(Cl)ccc21)N1CCN(c2ccc(S(=O)(=O)Nc3ncns3)cc2)CC1.[HH]. The molecule has 2 aromatic carbocycles. The molecule has 1 N–H and O–H groups in total. The van der Waals surface area contributed by atoms with Gasteiger partial charge in [0.1, 0.15) is 6.33 Å². The number of nitrogens with zero attached hydrogens (tertiary/aromatic N) is 5. The molecule has 9 nitrogen and oxygen atoms in total. The molecule has 35 heavy (non-hydrogen) atoms. The fraction of sp³-hybridized carbons (Fsp3) is 0.261. The van der Waals surface area contributed by atoms with Gasteiger partial charge in [-0.2, -0.15) is 4.37 Å². The Morgan fingerprint density at radius 1 is 1.09 bits per heavy atom. The van der Waals surface area contributed by atoms with Gasteiger partial charge in [0, 0.05) is 79.9 Å². The molecular formula is C23H25ClN6O3S2. The third-order valence-corrected chi connectivity index (χ3v) is 8.33. The summed E-state index contributed by atoms with van der Waals surface area (Å²) >= 11 is 7.04. The summed E-state index contributed by atoms with van der Waals surface area (Å²) in [6, 6.07) is 14.5. The van der Waals surface area contributed by atoms with Crippen LogP contribution in [0.4, 0.5) is 10.8 Å². The topological polar surface area (TPSA) is 100 Å². The Hall–Kier alpha value is -3.15. The number of aromatic nitrogens is 3. The molecule has 1 aliphatic rings. The van der Waals surface area contributed by atoms with Crippen molar-refractivity contribution in [2.75, 3.05) is 35.8 Å². The summed E-state index contributed by atoms with van der Waals surface area (Å²) in [4.78, 5) is 20.9. The first-order chi connectivity index (χ1) is 16.9. The van der Waals surface area contributed by atoms with Gasteiger partial charge in [0.15, 0.2) is 0 Å². The molecule has 0 spiro atoms. The molecule has 1 aliphatic heterocycles. The Balaban J connectivity index is 0.00000304. The summed E-state index contributed by atoms with van der Waals surface area (Å²) in [7, 11) is -3.71. The highest BCUT2D eigenvalue weighted by atomic mass is 35.5. The third-order valence-electron chi connectivity index (χ3n) is 6.03. The molecule has 1 fully saturated rings. The van der Waals surface area contributed by atoms with E-state index in [0.717, 1.165) is 28.1 Å².